The molecule has 1 spiro atoms. The number of anilines is 1. The van der Waals surface area contributed by atoms with Gasteiger partial charge in [0, 0.05) is 31.6 Å². The number of piperidine rings is 1. The fourth-order valence-electron chi connectivity index (χ4n) is 4.33. The molecule has 2 saturated heterocycles. The highest BCUT2D eigenvalue weighted by molar-refractivity contribution is 5.31. The molecule has 3 heterocycles. The van der Waals surface area contributed by atoms with Gasteiger partial charge in [-0.15, -0.1) is 0 Å². The topological polar surface area (TPSA) is 41.5 Å². The van der Waals surface area contributed by atoms with E-state index in [0.717, 1.165) is 44.9 Å². The zero-order valence-corrected chi connectivity index (χ0v) is 15.2. The average Bonchev–Trinajstić information content (AvgIpc) is 3.04. The molecular formula is C20H25FN4O. The second kappa shape index (κ2) is 7.19. The van der Waals surface area contributed by atoms with Gasteiger partial charge in [0.25, 0.3) is 0 Å². The Balaban J connectivity index is 1.40. The van der Waals surface area contributed by atoms with E-state index in [1.807, 2.05) is 12.1 Å². The van der Waals surface area contributed by atoms with E-state index in [4.69, 9.17) is 4.74 Å². The smallest absolute Gasteiger partial charge is 0.225 e. The van der Waals surface area contributed by atoms with Crippen LogP contribution in [0, 0.1) is 11.2 Å². The van der Waals surface area contributed by atoms with E-state index >= 15 is 0 Å². The molecule has 6 heteroatoms. The second-order valence-electron chi connectivity index (χ2n) is 7.54. The molecule has 0 unspecified atom stereocenters. The van der Waals surface area contributed by atoms with Crippen molar-refractivity contribution >= 4 is 5.95 Å². The molecule has 0 aliphatic carbocycles. The highest BCUT2D eigenvalue weighted by Gasteiger charge is 2.41. The number of benzene rings is 1. The molecule has 2 aliphatic heterocycles. The monoisotopic (exact) mass is 356 g/mol. The number of hydrogen-bond donors (Lipinski definition) is 0. The van der Waals surface area contributed by atoms with Crippen LogP contribution < -0.4 is 9.64 Å². The minimum absolute atomic E-state index is 0.294. The molecule has 26 heavy (non-hydrogen) atoms. The summed E-state index contributed by atoms with van der Waals surface area (Å²) in [4.78, 5) is 13.1. The van der Waals surface area contributed by atoms with Gasteiger partial charge in [0.1, 0.15) is 5.75 Å². The van der Waals surface area contributed by atoms with E-state index in [1.165, 1.54) is 30.8 Å². The lowest BCUT2D eigenvalue weighted by Gasteiger charge is -2.40. The Labute approximate surface area is 153 Å². The van der Waals surface area contributed by atoms with E-state index in [2.05, 4.69) is 31.9 Å². The van der Waals surface area contributed by atoms with Crippen LogP contribution in [0.4, 0.5) is 10.3 Å². The van der Waals surface area contributed by atoms with Crippen LogP contribution in [0.5, 0.6) is 5.75 Å². The van der Waals surface area contributed by atoms with Crippen LogP contribution in [0.1, 0.15) is 24.8 Å². The van der Waals surface area contributed by atoms with Crippen LogP contribution in [-0.4, -0.2) is 48.2 Å². The van der Waals surface area contributed by atoms with Crippen LogP contribution in [0.2, 0.25) is 0 Å². The van der Waals surface area contributed by atoms with Crippen LogP contribution >= 0.6 is 0 Å². The number of ether oxygens (including phenoxy) is 1. The van der Waals surface area contributed by atoms with Gasteiger partial charge in [-0.05, 0) is 43.5 Å². The first kappa shape index (κ1) is 17.2. The number of likely N-dealkylation sites (tertiary alicyclic amines) is 1. The Kier molecular flexibility index (Phi) is 4.76. The highest BCUT2D eigenvalue weighted by atomic mass is 19.1. The standard InChI is InChI=1S/C20H25FN4O/c1-26-18-5-3-16(4-6-18)13-24-10-8-20(14-24)7-2-9-25(15-20)19-22-11-17(21)12-23-19/h3-6,11-12H,2,7-10,13-15H2,1H3/t20-/m1/s1. The summed E-state index contributed by atoms with van der Waals surface area (Å²) in [6.07, 6.45) is 6.09. The first-order valence-corrected chi connectivity index (χ1v) is 9.24. The van der Waals surface area contributed by atoms with E-state index in [9.17, 15) is 4.39 Å². The Bertz CT molecular complexity index is 736. The number of rotatable bonds is 4. The number of aromatic nitrogens is 2. The second-order valence-corrected chi connectivity index (χ2v) is 7.54. The molecule has 1 aromatic heterocycles. The molecule has 138 valence electrons. The van der Waals surface area contributed by atoms with Crippen molar-refractivity contribution in [3.63, 3.8) is 0 Å². The van der Waals surface area contributed by atoms with Crippen molar-refractivity contribution in [2.75, 3.05) is 38.2 Å². The van der Waals surface area contributed by atoms with Crippen LogP contribution in [0.3, 0.4) is 0 Å². The normalized spacial score (nSPS) is 23.5. The van der Waals surface area contributed by atoms with Gasteiger partial charge < -0.3 is 9.64 Å². The first-order valence-electron chi connectivity index (χ1n) is 9.24. The van der Waals surface area contributed by atoms with E-state index < -0.39 is 0 Å². The van der Waals surface area contributed by atoms with Gasteiger partial charge in [0.2, 0.25) is 5.95 Å². The molecule has 0 bridgehead atoms. The van der Waals surface area contributed by atoms with E-state index in [1.54, 1.807) is 7.11 Å². The summed E-state index contributed by atoms with van der Waals surface area (Å²) < 4.78 is 18.3. The van der Waals surface area contributed by atoms with Crippen molar-refractivity contribution in [3.8, 4) is 5.75 Å². The maximum Gasteiger partial charge on any atom is 0.225 e. The summed E-state index contributed by atoms with van der Waals surface area (Å²) in [5, 5.41) is 0. The number of nitrogens with zero attached hydrogens (tertiary/aromatic N) is 4. The molecular weight excluding hydrogens is 331 g/mol. The molecule has 0 radical (unpaired) electrons. The number of hydrogen-bond acceptors (Lipinski definition) is 5. The van der Waals surface area contributed by atoms with Crippen molar-refractivity contribution in [2.45, 2.75) is 25.8 Å². The summed E-state index contributed by atoms with van der Waals surface area (Å²) in [7, 11) is 1.69. The van der Waals surface area contributed by atoms with Crippen LogP contribution in [0.25, 0.3) is 0 Å². The summed E-state index contributed by atoms with van der Waals surface area (Å²) >= 11 is 0. The fraction of sp³-hybridized carbons (Fsp3) is 0.500. The van der Waals surface area contributed by atoms with Gasteiger partial charge in [-0.25, -0.2) is 14.4 Å². The third kappa shape index (κ3) is 3.65. The van der Waals surface area contributed by atoms with Crippen molar-refractivity contribution in [1.82, 2.24) is 14.9 Å². The Morgan fingerprint density at radius 3 is 2.58 bits per heavy atom. The summed E-state index contributed by atoms with van der Waals surface area (Å²) in [6.45, 7) is 5.09. The molecule has 0 N–H and O–H groups in total. The average molecular weight is 356 g/mol. The van der Waals surface area contributed by atoms with Crippen LogP contribution in [-0.2, 0) is 6.54 Å². The zero-order valence-electron chi connectivity index (χ0n) is 15.2. The molecule has 2 fully saturated rings. The molecule has 4 rings (SSSR count). The maximum atomic E-state index is 13.1. The van der Waals surface area contributed by atoms with Crippen molar-refractivity contribution in [1.29, 1.82) is 0 Å². The SMILES string of the molecule is COc1ccc(CN2CC[C@]3(CCCN(c4ncc(F)cn4)C3)C2)cc1. The largest absolute Gasteiger partial charge is 0.497 e. The Morgan fingerprint density at radius 2 is 1.85 bits per heavy atom. The lowest BCUT2D eigenvalue weighted by molar-refractivity contribution is 0.215. The molecule has 1 atom stereocenters. The highest BCUT2D eigenvalue weighted by Crippen LogP contribution is 2.40. The lowest BCUT2D eigenvalue weighted by atomic mass is 9.79. The molecule has 0 saturated carbocycles. The van der Waals surface area contributed by atoms with Gasteiger partial charge in [0.05, 0.1) is 19.5 Å². The van der Waals surface area contributed by atoms with Gasteiger partial charge in [-0.2, -0.15) is 0 Å². The minimum atomic E-state index is -0.382. The molecule has 2 aromatic rings. The quantitative estimate of drug-likeness (QED) is 0.842. The van der Waals surface area contributed by atoms with Gasteiger partial charge in [-0.3, -0.25) is 4.90 Å². The summed E-state index contributed by atoms with van der Waals surface area (Å²) in [6, 6.07) is 8.33. The Morgan fingerprint density at radius 1 is 1.08 bits per heavy atom. The zero-order chi connectivity index (χ0) is 18.0. The van der Waals surface area contributed by atoms with Crippen molar-refractivity contribution < 1.29 is 9.13 Å². The van der Waals surface area contributed by atoms with Gasteiger partial charge in [-0.1, -0.05) is 12.1 Å². The third-order valence-corrected chi connectivity index (χ3v) is 5.63. The molecule has 0 amide bonds. The van der Waals surface area contributed by atoms with Crippen molar-refractivity contribution in [2.24, 2.45) is 5.41 Å². The molecule has 2 aliphatic rings. The first-order chi connectivity index (χ1) is 12.7. The minimum Gasteiger partial charge on any atom is -0.497 e. The number of halogens is 1. The third-order valence-electron chi connectivity index (χ3n) is 5.63. The Hall–Kier alpha value is -2.21. The van der Waals surface area contributed by atoms with Gasteiger partial charge in [0.15, 0.2) is 5.82 Å². The molecule has 5 nitrogen and oxygen atoms in total. The predicted octanol–water partition coefficient (Wildman–Crippen LogP) is 3.12. The maximum absolute atomic E-state index is 13.1. The molecule has 1 aromatic carbocycles. The lowest BCUT2D eigenvalue weighted by Crippen LogP contribution is -2.45. The van der Waals surface area contributed by atoms with Gasteiger partial charge >= 0.3 is 0 Å². The van der Waals surface area contributed by atoms with Crippen molar-refractivity contribution in [3.05, 3.63) is 48.0 Å². The van der Waals surface area contributed by atoms with E-state index in [-0.39, 0.29) is 5.82 Å². The van der Waals surface area contributed by atoms with E-state index in [0.29, 0.717) is 11.4 Å². The summed E-state index contributed by atoms with van der Waals surface area (Å²) in [5.41, 5.74) is 1.61. The fourth-order valence-corrected chi connectivity index (χ4v) is 4.33. The predicted molar refractivity (Wildman–Crippen MR) is 98.8 cm³/mol. The summed E-state index contributed by atoms with van der Waals surface area (Å²) in [5.74, 6) is 1.17. The van der Waals surface area contributed by atoms with Crippen LogP contribution in [0.15, 0.2) is 36.7 Å². The number of methoxy groups -OCH3 is 1.